The third-order valence-electron chi connectivity index (χ3n) is 2.18. The van der Waals surface area contributed by atoms with Gasteiger partial charge < -0.3 is 0 Å². The van der Waals surface area contributed by atoms with Crippen LogP contribution in [0.4, 0.5) is 0 Å². The first-order chi connectivity index (χ1) is 7.33. The highest BCUT2D eigenvalue weighted by Crippen LogP contribution is 2.05. The van der Waals surface area contributed by atoms with Gasteiger partial charge in [0.1, 0.15) is 0 Å². The van der Waals surface area contributed by atoms with Crippen LogP contribution in [0, 0.1) is 0 Å². The number of carbonyl (C=O) groups is 1. The molecule has 0 saturated heterocycles. The minimum absolute atomic E-state index is 0.0504. The highest BCUT2D eigenvalue weighted by molar-refractivity contribution is 5.74. The van der Waals surface area contributed by atoms with Gasteiger partial charge in [0.15, 0.2) is 0 Å². The first kappa shape index (κ1) is 11.7. The van der Waals surface area contributed by atoms with Crippen LogP contribution in [0.25, 0.3) is 0 Å². The fourth-order valence-electron chi connectivity index (χ4n) is 1.42. The summed E-state index contributed by atoms with van der Waals surface area (Å²) in [5, 5.41) is 0. The molecule has 1 aromatic carbocycles. The van der Waals surface area contributed by atoms with Gasteiger partial charge in [0, 0.05) is 6.42 Å². The van der Waals surface area contributed by atoms with Crippen molar-refractivity contribution in [2.45, 2.75) is 25.7 Å². The highest BCUT2D eigenvalue weighted by Gasteiger charge is 1.99. The Labute approximate surface area is 90.4 Å². The van der Waals surface area contributed by atoms with Crippen LogP contribution in [0.1, 0.15) is 24.8 Å². The number of amides is 1. The molecule has 0 aliphatic carbocycles. The molecule has 0 fully saturated rings. The van der Waals surface area contributed by atoms with Crippen LogP contribution in [0.2, 0.25) is 0 Å². The smallest absolute Gasteiger partial charge is 0.243 e. The van der Waals surface area contributed by atoms with Gasteiger partial charge in [-0.05, 0) is 24.8 Å². The lowest BCUT2D eigenvalue weighted by atomic mass is 10.1. The van der Waals surface area contributed by atoms with Crippen LogP contribution in [-0.4, -0.2) is 13.0 Å². The zero-order valence-electron chi connectivity index (χ0n) is 9.03. The summed E-state index contributed by atoms with van der Waals surface area (Å²) < 4.78 is 0. The molecule has 0 aliphatic rings. The average molecular weight is 207 g/mol. The zero-order chi connectivity index (χ0) is 10.9. The molecule has 0 radical (unpaired) electrons. The van der Waals surface area contributed by atoms with Crippen LogP contribution in [-0.2, 0) is 16.1 Å². The van der Waals surface area contributed by atoms with Crippen molar-refractivity contribution in [3.8, 4) is 0 Å². The van der Waals surface area contributed by atoms with Crippen LogP contribution in [0.3, 0.4) is 0 Å². The van der Waals surface area contributed by atoms with Gasteiger partial charge >= 0.3 is 0 Å². The Kier molecular flexibility index (Phi) is 5.48. The molecule has 1 amide bonds. The molecule has 15 heavy (non-hydrogen) atoms. The molecule has 0 atom stereocenters. The SMILES string of the molecule is CONC(=O)CCCCc1ccccc1. The largest absolute Gasteiger partial charge is 0.277 e. The van der Waals surface area contributed by atoms with E-state index in [-0.39, 0.29) is 5.91 Å². The van der Waals surface area contributed by atoms with Gasteiger partial charge in [-0.25, -0.2) is 5.48 Å². The standard InChI is InChI=1S/C12H17NO2/c1-15-13-12(14)10-6-5-9-11-7-3-2-4-8-11/h2-4,7-8H,5-6,9-10H2,1H3,(H,13,14). The summed E-state index contributed by atoms with van der Waals surface area (Å²) in [5.41, 5.74) is 3.63. The number of carbonyl (C=O) groups excluding carboxylic acids is 1. The van der Waals surface area contributed by atoms with E-state index >= 15 is 0 Å². The molecule has 0 spiro atoms. The maximum atomic E-state index is 11.0. The summed E-state index contributed by atoms with van der Waals surface area (Å²) >= 11 is 0. The topological polar surface area (TPSA) is 38.3 Å². The van der Waals surface area contributed by atoms with Crippen molar-refractivity contribution in [1.29, 1.82) is 0 Å². The molecule has 82 valence electrons. The fraction of sp³-hybridized carbons (Fsp3) is 0.417. The predicted molar refractivity (Wildman–Crippen MR) is 59.1 cm³/mol. The monoisotopic (exact) mass is 207 g/mol. The third kappa shape index (κ3) is 5.18. The minimum Gasteiger partial charge on any atom is -0.277 e. The second-order valence-electron chi connectivity index (χ2n) is 3.42. The molecule has 1 aromatic rings. The third-order valence-corrected chi connectivity index (χ3v) is 2.18. The Morgan fingerprint density at radius 2 is 2.00 bits per heavy atom. The lowest BCUT2D eigenvalue weighted by Gasteiger charge is -2.02. The Hall–Kier alpha value is -1.35. The molecule has 3 heteroatoms. The lowest BCUT2D eigenvalue weighted by Crippen LogP contribution is -2.21. The molecule has 0 heterocycles. The van der Waals surface area contributed by atoms with Crippen molar-refractivity contribution >= 4 is 5.91 Å². The zero-order valence-corrected chi connectivity index (χ0v) is 9.03. The van der Waals surface area contributed by atoms with E-state index in [1.54, 1.807) is 0 Å². The van der Waals surface area contributed by atoms with Gasteiger partial charge in [-0.15, -0.1) is 0 Å². The van der Waals surface area contributed by atoms with Gasteiger partial charge in [-0.1, -0.05) is 30.3 Å². The Morgan fingerprint density at radius 3 is 2.67 bits per heavy atom. The molecule has 1 rings (SSSR count). The number of unbranched alkanes of at least 4 members (excludes halogenated alkanes) is 1. The Balaban J connectivity index is 2.10. The number of hydrogen-bond acceptors (Lipinski definition) is 2. The van der Waals surface area contributed by atoms with Gasteiger partial charge in [0.25, 0.3) is 0 Å². The first-order valence-electron chi connectivity index (χ1n) is 5.18. The van der Waals surface area contributed by atoms with E-state index in [0.717, 1.165) is 19.3 Å². The Bertz CT molecular complexity index is 285. The summed E-state index contributed by atoms with van der Waals surface area (Å²) in [7, 11) is 1.45. The van der Waals surface area contributed by atoms with E-state index < -0.39 is 0 Å². The van der Waals surface area contributed by atoms with Crippen LogP contribution in [0.15, 0.2) is 30.3 Å². The van der Waals surface area contributed by atoms with E-state index in [1.165, 1.54) is 12.7 Å². The fourth-order valence-corrected chi connectivity index (χ4v) is 1.42. The predicted octanol–water partition coefficient (Wildman–Crippen LogP) is 2.08. The molecule has 0 bridgehead atoms. The van der Waals surface area contributed by atoms with Crippen LogP contribution in [0.5, 0.6) is 0 Å². The van der Waals surface area contributed by atoms with Crippen molar-refractivity contribution in [2.24, 2.45) is 0 Å². The normalized spacial score (nSPS) is 9.93. The summed E-state index contributed by atoms with van der Waals surface area (Å²) in [6.07, 6.45) is 3.48. The van der Waals surface area contributed by atoms with Gasteiger partial charge in [-0.3, -0.25) is 9.63 Å². The lowest BCUT2D eigenvalue weighted by molar-refractivity contribution is -0.131. The summed E-state index contributed by atoms with van der Waals surface area (Å²) in [6, 6.07) is 10.3. The first-order valence-corrected chi connectivity index (χ1v) is 5.18. The number of benzene rings is 1. The van der Waals surface area contributed by atoms with Gasteiger partial charge in [0.2, 0.25) is 5.91 Å². The van der Waals surface area contributed by atoms with E-state index in [2.05, 4.69) is 22.5 Å². The molecule has 1 N–H and O–H groups in total. The number of hydroxylamine groups is 1. The number of aryl methyl sites for hydroxylation is 1. The maximum Gasteiger partial charge on any atom is 0.243 e. The summed E-state index contributed by atoms with van der Waals surface area (Å²) in [6.45, 7) is 0. The highest BCUT2D eigenvalue weighted by atomic mass is 16.6. The second-order valence-corrected chi connectivity index (χ2v) is 3.42. The van der Waals surface area contributed by atoms with Gasteiger partial charge in [-0.2, -0.15) is 0 Å². The maximum absolute atomic E-state index is 11.0. The average Bonchev–Trinajstić information content (AvgIpc) is 2.26. The van der Waals surface area contributed by atoms with Crippen molar-refractivity contribution < 1.29 is 9.63 Å². The van der Waals surface area contributed by atoms with Crippen molar-refractivity contribution in [3.05, 3.63) is 35.9 Å². The molecule has 0 unspecified atom stereocenters. The van der Waals surface area contributed by atoms with E-state index in [1.807, 2.05) is 18.2 Å². The number of rotatable bonds is 6. The molecular formula is C12H17NO2. The molecule has 0 aromatic heterocycles. The van der Waals surface area contributed by atoms with Crippen LogP contribution >= 0.6 is 0 Å². The van der Waals surface area contributed by atoms with E-state index in [4.69, 9.17) is 0 Å². The molecular weight excluding hydrogens is 190 g/mol. The van der Waals surface area contributed by atoms with Crippen molar-refractivity contribution in [2.75, 3.05) is 7.11 Å². The van der Waals surface area contributed by atoms with Crippen molar-refractivity contribution in [1.82, 2.24) is 5.48 Å². The molecule has 0 aliphatic heterocycles. The van der Waals surface area contributed by atoms with Crippen LogP contribution < -0.4 is 5.48 Å². The molecule has 0 saturated carbocycles. The second kappa shape index (κ2) is 7.01. The minimum atomic E-state index is -0.0504. The summed E-state index contributed by atoms with van der Waals surface area (Å²) in [4.78, 5) is 15.5. The Morgan fingerprint density at radius 1 is 1.27 bits per heavy atom. The van der Waals surface area contributed by atoms with Crippen molar-refractivity contribution in [3.63, 3.8) is 0 Å². The van der Waals surface area contributed by atoms with E-state index in [9.17, 15) is 4.79 Å². The quantitative estimate of drug-likeness (QED) is 0.573. The number of nitrogens with one attached hydrogen (secondary N) is 1. The summed E-state index contributed by atoms with van der Waals surface area (Å²) in [5.74, 6) is -0.0504. The molecule has 3 nitrogen and oxygen atoms in total. The van der Waals surface area contributed by atoms with Gasteiger partial charge in [0.05, 0.1) is 7.11 Å². The number of hydrogen-bond donors (Lipinski definition) is 1. The van der Waals surface area contributed by atoms with E-state index in [0.29, 0.717) is 6.42 Å².